The van der Waals surface area contributed by atoms with Crippen molar-refractivity contribution >= 4 is 5.97 Å². The molecule has 0 aromatic carbocycles. The van der Waals surface area contributed by atoms with Crippen molar-refractivity contribution < 1.29 is 14.6 Å². The average molecular weight is 296 g/mol. The van der Waals surface area contributed by atoms with E-state index in [-0.39, 0.29) is 12.0 Å². The molecule has 1 unspecified atom stereocenters. The molecule has 3 aliphatic rings. The summed E-state index contributed by atoms with van der Waals surface area (Å²) in [4.78, 5) is 15.4. The largest absolute Gasteiger partial charge is 0.481 e. The third-order valence-corrected chi connectivity index (χ3v) is 5.42. The van der Waals surface area contributed by atoms with Gasteiger partial charge in [0, 0.05) is 39.3 Å². The first-order valence-electron chi connectivity index (χ1n) is 8.50. The Kier molecular flexibility index (Phi) is 4.82. The molecule has 5 heteroatoms. The fourth-order valence-corrected chi connectivity index (χ4v) is 4.15. The molecule has 0 bridgehead atoms. The first-order chi connectivity index (χ1) is 10.2. The average Bonchev–Trinajstić information content (AvgIpc) is 3.09. The summed E-state index contributed by atoms with van der Waals surface area (Å²) in [5.74, 6) is -0.696. The molecular formula is C16H28N2O3. The van der Waals surface area contributed by atoms with Crippen LogP contribution in [0.4, 0.5) is 0 Å². The second-order valence-corrected chi connectivity index (χ2v) is 6.95. The van der Waals surface area contributed by atoms with E-state index >= 15 is 0 Å². The lowest BCUT2D eigenvalue weighted by Crippen LogP contribution is -2.49. The third kappa shape index (κ3) is 3.96. The van der Waals surface area contributed by atoms with Gasteiger partial charge in [0.2, 0.25) is 0 Å². The van der Waals surface area contributed by atoms with Gasteiger partial charge >= 0.3 is 5.97 Å². The fraction of sp³-hybridized carbons (Fsp3) is 0.938. The van der Waals surface area contributed by atoms with Crippen LogP contribution in [0.2, 0.25) is 0 Å². The molecule has 0 amide bonds. The Bertz CT molecular complexity index is 361. The Morgan fingerprint density at radius 3 is 2.43 bits per heavy atom. The number of nitrogens with zero attached hydrogens (tertiary/aromatic N) is 2. The molecule has 120 valence electrons. The van der Waals surface area contributed by atoms with E-state index in [4.69, 9.17) is 9.84 Å². The lowest BCUT2D eigenvalue weighted by Gasteiger charge is -2.36. The Labute approximate surface area is 127 Å². The van der Waals surface area contributed by atoms with Crippen molar-refractivity contribution in [1.29, 1.82) is 0 Å². The normalized spacial score (nSPS) is 30.2. The first-order valence-corrected chi connectivity index (χ1v) is 8.50. The van der Waals surface area contributed by atoms with Crippen LogP contribution in [0.15, 0.2) is 0 Å². The predicted octanol–water partition coefficient (Wildman–Crippen LogP) is 1.57. The van der Waals surface area contributed by atoms with Gasteiger partial charge in [-0.3, -0.25) is 9.69 Å². The van der Waals surface area contributed by atoms with Crippen molar-refractivity contribution in [3.05, 3.63) is 0 Å². The highest BCUT2D eigenvalue weighted by Gasteiger charge is 2.42. The van der Waals surface area contributed by atoms with Crippen LogP contribution in [-0.4, -0.2) is 71.8 Å². The van der Waals surface area contributed by atoms with Gasteiger partial charge in [-0.25, -0.2) is 0 Å². The maximum absolute atomic E-state index is 10.6. The summed E-state index contributed by atoms with van der Waals surface area (Å²) in [5, 5.41) is 8.73. The summed E-state index contributed by atoms with van der Waals surface area (Å²) < 4.78 is 6.39. The van der Waals surface area contributed by atoms with Crippen LogP contribution in [-0.2, 0) is 9.53 Å². The number of carboxylic acids is 1. The molecule has 0 aromatic heterocycles. The summed E-state index contributed by atoms with van der Waals surface area (Å²) in [7, 11) is 0. The van der Waals surface area contributed by atoms with Crippen LogP contribution >= 0.6 is 0 Å². The Hall–Kier alpha value is -0.650. The van der Waals surface area contributed by atoms with Crippen LogP contribution in [0.25, 0.3) is 0 Å². The van der Waals surface area contributed by atoms with E-state index in [1.54, 1.807) is 0 Å². The lowest BCUT2D eigenvalue weighted by atomic mass is 9.98. The molecule has 21 heavy (non-hydrogen) atoms. The zero-order valence-electron chi connectivity index (χ0n) is 12.9. The molecule has 1 N–H and O–H groups in total. The second kappa shape index (κ2) is 6.63. The van der Waals surface area contributed by atoms with Gasteiger partial charge in [-0.1, -0.05) is 12.8 Å². The smallest absolute Gasteiger partial charge is 0.304 e. The standard InChI is InChI=1S/C16H28N2O3/c19-15(20)4-8-17-9-11-18(12-10-17)13-14-3-7-16(21-14)5-1-2-6-16/h14H,1-13H2,(H,19,20). The van der Waals surface area contributed by atoms with Crippen LogP contribution < -0.4 is 0 Å². The van der Waals surface area contributed by atoms with Crippen molar-refractivity contribution in [2.75, 3.05) is 39.3 Å². The van der Waals surface area contributed by atoms with Crippen molar-refractivity contribution in [3.63, 3.8) is 0 Å². The van der Waals surface area contributed by atoms with Crippen molar-refractivity contribution in [1.82, 2.24) is 9.80 Å². The summed E-state index contributed by atoms with van der Waals surface area (Å²) in [5.41, 5.74) is 0.244. The molecule has 2 saturated heterocycles. The Balaban J connectivity index is 1.37. The van der Waals surface area contributed by atoms with Gasteiger partial charge in [-0.05, 0) is 25.7 Å². The number of carboxylic acid groups (broad SMARTS) is 1. The summed E-state index contributed by atoms with van der Waals surface area (Å²) in [6.45, 7) is 5.83. The Morgan fingerprint density at radius 2 is 1.76 bits per heavy atom. The van der Waals surface area contributed by atoms with E-state index in [1.165, 1.54) is 38.5 Å². The van der Waals surface area contributed by atoms with Gasteiger partial charge in [-0.2, -0.15) is 0 Å². The minimum Gasteiger partial charge on any atom is -0.481 e. The molecule has 0 aromatic rings. The monoisotopic (exact) mass is 296 g/mol. The topological polar surface area (TPSA) is 53.0 Å². The highest BCUT2D eigenvalue weighted by atomic mass is 16.5. The molecule has 3 fully saturated rings. The molecule has 5 nitrogen and oxygen atoms in total. The van der Waals surface area contributed by atoms with Gasteiger partial charge < -0.3 is 14.7 Å². The van der Waals surface area contributed by atoms with E-state index in [0.717, 1.165) is 32.7 Å². The number of piperazine rings is 1. The van der Waals surface area contributed by atoms with Crippen LogP contribution in [0, 0.1) is 0 Å². The maximum atomic E-state index is 10.6. The van der Waals surface area contributed by atoms with E-state index < -0.39 is 5.97 Å². The van der Waals surface area contributed by atoms with Crippen LogP contribution in [0.5, 0.6) is 0 Å². The summed E-state index contributed by atoms with van der Waals surface area (Å²) in [6, 6.07) is 0. The quantitative estimate of drug-likeness (QED) is 0.834. The third-order valence-electron chi connectivity index (χ3n) is 5.42. The maximum Gasteiger partial charge on any atom is 0.304 e. The SMILES string of the molecule is O=C(O)CCN1CCN(CC2CCC3(CCCC3)O2)CC1. The van der Waals surface area contributed by atoms with Crippen molar-refractivity contribution in [3.8, 4) is 0 Å². The summed E-state index contributed by atoms with van der Waals surface area (Å²) in [6.07, 6.45) is 8.39. The minimum absolute atomic E-state index is 0.244. The fourth-order valence-electron chi connectivity index (χ4n) is 4.15. The van der Waals surface area contributed by atoms with E-state index in [1.807, 2.05) is 0 Å². The molecule has 1 atom stereocenters. The highest BCUT2D eigenvalue weighted by Crippen LogP contribution is 2.43. The van der Waals surface area contributed by atoms with E-state index in [2.05, 4.69) is 9.80 Å². The lowest BCUT2D eigenvalue weighted by molar-refractivity contribution is -0.137. The van der Waals surface area contributed by atoms with Gasteiger partial charge in [0.05, 0.1) is 18.1 Å². The number of hydrogen-bond donors (Lipinski definition) is 1. The molecule has 2 heterocycles. The predicted molar refractivity (Wildman–Crippen MR) is 80.4 cm³/mol. The molecule has 0 radical (unpaired) electrons. The molecule has 1 spiro atoms. The number of carbonyl (C=O) groups is 1. The van der Waals surface area contributed by atoms with Gasteiger partial charge in [0.1, 0.15) is 0 Å². The molecule has 1 aliphatic carbocycles. The Morgan fingerprint density at radius 1 is 1.10 bits per heavy atom. The van der Waals surface area contributed by atoms with Crippen molar-refractivity contribution in [2.45, 2.75) is 56.7 Å². The summed E-state index contributed by atoms with van der Waals surface area (Å²) >= 11 is 0. The second-order valence-electron chi connectivity index (χ2n) is 6.95. The van der Waals surface area contributed by atoms with Gasteiger partial charge in [0.25, 0.3) is 0 Å². The number of rotatable bonds is 5. The molecule has 3 rings (SSSR count). The first kappa shape index (κ1) is 15.3. The molecule has 2 aliphatic heterocycles. The number of aliphatic carboxylic acids is 1. The highest BCUT2D eigenvalue weighted by molar-refractivity contribution is 5.66. The van der Waals surface area contributed by atoms with Gasteiger partial charge in [0.15, 0.2) is 0 Å². The molecule has 1 saturated carbocycles. The van der Waals surface area contributed by atoms with E-state index in [0.29, 0.717) is 12.6 Å². The van der Waals surface area contributed by atoms with E-state index in [9.17, 15) is 4.79 Å². The number of ether oxygens (including phenoxy) is 1. The van der Waals surface area contributed by atoms with Crippen molar-refractivity contribution in [2.24, 2.45) is 0 Å². The zero-order chi connectivity index (χ0) is 14.7. The van der Waals surface area contributed by atoms with Crippen LogP contribution in [0.1, 0.15) is 44.9 Å². The minimum atomic E-state index is -0.696. The zero-order valence-corrected chi connectivity index (χ0v) is 12.9. The molecular weight excluding hydrogens is 268 g/mol. The van der Waals surface area contributed by atoms with Gasteiger partial charge in [-0.15, -0.1) is 0 Å². The van der Waals surface area contributed by atoms with Crippen LogP contribution in [0.3, 0.4) is 0 Å². The number of hydrogen-bond acceptors (Lipinski definition) is 4.